The fourth-order valence-electron chi connectivity index (χ4n) is 4.36. The van der Waals surface area contributed by atoms with Crippen molar-refractivity contribution < 1.29 is 9.15 Å². The van der Waals surface area contributed by atoms with Crippen LogP contribution in [0.1, 0.15) is 69.2 Å². The Morgan fingerprint density at radius 1 is 1.33 bits per heavy atom. The highest BCUT2D eigenvalue weighted by Gasteiger charge is 2.41. The lowest BCUT2D eigenvalue weighted by Gasteiger charge is -2.45. The van der Waals surface area contributed by atoms with Crippen LogP contribution in [0.2, 0.25) is 0 Å². The van der Waals surface area contributed by atoms with Crippen LogP contribution in [0.15, 0.2) is 16.7 Å². The third-order valence-electron chi connectivity index (χ3n) is 5.43. The van der Waals surface area contributed by atoms with Crippen LogP contribution >= 0.6 is 0 Å². The summed E-state index contributed by atoms with van der Waals surface area (Å²) < 4.78 is 11.8. The molecule has 1 saturated heterocycles. The summed E-state index contributed by atoms with van der Waals surface area (Å²) >= 11 is 0. The second kappa shape index (κ2) is 6.53. The first-order valence-electron chi connectivity index (χ1n) is 8.65. The van der Waals surface area contributed by atoms with E-state index in [1.807, 2.05) is 6.26 Å². The van der Waals surface area contributed by atoms with E-state index in [1.165, 1.54) is 44.1 Å². The molecule has 2 fully saturated rings. The molecule has 0 radical (unpaired) electrons. The van der Waals surface area contributed by atoms with Crippen LogP contribution in [0, 0.1) is 12.8 Å². The lowest BCUT2D eigenvalue weighted by atomic mass is 9.73. The molecular weight excluding hydrogens is 262 g/mol. The Balaban J connectivity index is 1.77. The van der Waals surface area contributed by atoms with Crippen LogP contribution in [0.5, 0.6) is 0 Å². The summed E-state index contributed by atoms with van der Waals surface area (Å²) in [4.78, 5) is 0. The van der Waals surface area contributed by atoms with E-state index in [9.17, 15) is 0 Å². The molecule has 2 heterocycles. The van der Waals surface area contributed by atoms with Crippen molar-refractivity contribution in [3.8, 4) is 0 Å². The molecule has 3 rings (SSSR count). The fourth-order valence-corrected chi connectivity index (χ4v) is 4.36. The number of nitrogens with one attached hydrogen (secondary N) is 1. The first-order valence-corrected chi connectivity index (χ1v) is 8.65. The van der Waals surface area contributed by atoms with Crippen LogP contribution in [0.4, 0.5) is 0 Å². The van der Waals surface area contributed by atoms with E-state index in [1.54, 1.807) is 0 Å². The molecule has 2 aliphatic rings. The Labute approximate surface area is 128 Å². The van der Waals surface area contributed by atoms with E-state index in [0.717, 1.165) is 25.3 Å². The van der Waals surface area contributed by atoms with Gasteiger partial charge in [-0.05, 0) is 51.1 Å². The van der Waals surface area contributed by atoms with E-state index in [0.29, 0.717) is 12.0 Å². The molecule has 0 bridgehead atoms. The van der Waals surface area contributed by atoms with Gasteiger partial charge in [-0.25, -0.2) is 0 Å². The van der Waals surface area contributed by atoms with Gasteiger partial charge in [-0.3, -0.25) is 0 Å². The van der Waals surface area contributed by atoms with Crippen molar-refractivity contribution in [2.75, 3.05) is 13.2 Å². The Morgan fingerprint density at radius 2 is 2.14 bits per heavy atom. The van der Waals surface area contributed by atoms with Crippen molar-refractivity contribution in [1.82, 2.24) is 5.32 Å². The van der Waals surface area contributed by atoms with Crippen LogP contribution in [0.25, 0.3) is 0 Å². The second-order valence-corrected chi connectivity index (χ2v) is 6.81. The minimum absolute atomic E-state index is 0.173. The molecule has 2 unspecified atom stereocenters. The first kappa shape index (κ1) is 15.1. The van der Waals surface area contributed by atoms with Crippen molar-refractivity contribution >= 4 is 0 Å². The van der Waals surface area contributed by atoms with Gasteiger partial charge in [0.05, 0.1) is 11.9 Å². The van der Waals surface area contributed by atoms with E-state index < -0.39 is 0 Å². The summed E-state index contributed by atoms with van der Waals surface area (Å²) in [5.41, 5.74) is 1.52. The molecule has 1 aromatic rings. The van der Waals surface area contributed by atoms with Gasteiger partial charge in [0.15, 0.2) is 0 Å². The smallest absolute Gasteiger partial charge is 0.105 e. The van der Waals surface area contributed by atoms with Gasteiger partial charge in [-0.15, -0.1) is 0 Å². The van der Waals surface area contributed by atoms with Crippen LogP contribution in [0.3, 0.4) is 0 Å². The summed E-state index contributed by atoms with van der Waals surface area (Å²) in [6, 6.07) is 2.56. The van der Waals surface area contributed by atoms with E-state index >= 15 is 0 Å². The van der Waals surface area contributed by atoms with Gasteiger partial charge < -0.3 is 14.5 Å². The molecule has 118 valence electrons. The average molecular weight is 291 g/mol. The predicted molar refractivity (Wildman–Crippen MR) is 84.4 cm³/mol. The van der Waals surface area contributed by atoms with Gasteiger partial charge in [0.25, 0.3) is 0 Å². The highest BCUT2D eigenvalue weighted by atomic mass is 16.5. The third kappa shape index (κ3) is 3.19. The maximum absolute atomic E-state index is 6.26. The van der Waals surface area contributed by atoms with Crippen LogP contribution in [-0.4, -0.2) is 18.8 Å². The zero-order chi connectivity index (χ0) is 14.7. The minimum atomic E-state index is 0.173. The Hall–Kier alpha value is -0.800. The third-order valence-corrected chi connectivity index (χ3v) is 5.43. The summed E-state index contributed by atoms with van der Waals surface area (Å²) in [7, 11) is 0. The minimum Gasteiger partial charge on any atom is -0.469 e. The number of aryl methyl sites for hydroxylation is 1. The first-order chi connectivity index (χ1) is 10.2. The van der Waals surface area contributed by atoms with Gasteiger partial charge in [-0.1, -0.05) is 26.2 Å². The zero-order valence-electron chi connectivity index (χ0n) is 13.5. The maximum atomic E-state index is 6.26. The van der Waals surface area contributed by atoms with Crippen LogP contribution < -0.4 is 5.32 Å². The lowest BCUT2D eigenvalue weighted by Crippen LogP contribution is -2.44. The molecule has 0 amide bonds. The van der Waals surface area contributed by atoms with E-state index in [2.05, 4.69) is 25.2 Å². The average Bonchev–Trinajstić information content (AvgIpc) is 2.91. The highest BCUT2D eigenvalue weighted by molar-refractivity contribution is 5.21. The normalized spacial score (nSPS) is 26.9. The molecule has 2 atom stereocenters. The van der Waals surface area contributed by atoms with Gasteiger partial charge >= 0.3 is 0 Å². The molecule has 1 saturated carbocycles. The lowest BCUT2D eigenvalue weighted by molar-refractivity contribution is -0.122. The summed E-state index contributed by atoms with van der Waals surface area (Å²) in [6.07, 6.45) is 10.8. The molecule has 1 spiro atoms. The largest absolute Gasteiger partial charge is 0.469 e. The van der Waals surface area contributed by atoms with E-state index in [-0.39, 0.29) is 5.60 Å². The van der Waals surface area contributed by atoms with Crippen molar-refractivity contribution in [1.29, 1.82) is 0 Å². The molecule has 3 heteroatoms. The highest BCUT2D eigenvalue weighted by Crippen LogP contribution is 2.44. The topological polar surface area (TPSA) is 34.4 Å². The van der Waals surface area contributed by atoms with Gasteiger partial charge in [0.2, 0.25) is 0 Å². The molecule has 1 aliphatic heterocycles. The van der Waals surface area contributed by atoms with E-state index in [4.69, 9.17) is 9.15 Å². The molecule has 0 aromatic carbocycles. The second-order valence-electron chi connectivity index (χ2n) is 6.81. The molecule has 3 nitrogen and oxygen atoms in total. The maximum Gasteiger partial charge on any atom is 0.105 e. The van der Waals surface area contributed by atoms with Gasteiger partial charge in [-0.2, -0.15) is 0 Å². The number of hydrogen-bond acceptors (Lipinski definition) is 3. The van der Waals surface area contributed by atoms with Gasteiger partial charge in [0, 0.05) is 18.2 Å². The SMILES string of the molecule is CCNC(c1ccoc1C)C1CCOC2(CCCCC2)C1. The predicted octanol–water partition coefficient (Wildman–Crippen LogP) is 4.37. The molecular formula is C18H29NO2. The fraction of sp³-hybridized carbons (Fsp3) is 0.778. The zero-order valence-corrected chi connectivity index (χ0v) is 13.5. The summed E-state index contributed by atoms with van der Waals surface area (Å²) in [6.45, 7) is 6.19. The molecule has 21 heavy (non-hydrogen) atoms. The summed E-state index contributed by atoms with van der Waals surface area (Å²) in [5, 5.41) is 3.70. The van der Waals surface area contributed by atoms with Gasteiger partial charge in [0.1, 0.15) is 5.76 Å². The number of furan rings is 1. The monoisotopic (exact) mass is 291 g/mol. The molecule has 1 aromatic heterocycles. The Kier molecular flexibility index (Phi) is 4.70. The van der Waals surface area contributed by atoms with Crippen molar-refractivity contribution in [3.05, 3.63) is 23.7 Å². The Bertz CT molecular complexity index is 442. The van der Waals surface area contributed by atoms with Crippen LogP contribution in [-0.2, 0) is 4.74 Å². The van der Waals surface area contributed by atoms with Crippen molar-refractivity contribution in [2.45, 2.75) is 70.4 Å². The van der Waals surface area contributed by atoms with Crippen molar-refractivity contribution in [2.24, 2.45) is 5.92 Å². The number of ether oxygens (including phenoxy) is 1. The number of hydrogen-bond donors (Lipinski definition) is 1. The number of rotatable bonds is 4. The Morgan fingerprint density at radius 3 is 2.81 bits per heavy atom. The quantitative estimate of drug-likeness (QED) is 0.894. The standard InChI is InChI=1S/C18H29NO2/c1-3-19-17(16-8-11-20-14(16)2)15-7-12-21-18(13-15)9-5-4-6-10-18/h8,11,15,17,19H,3-7,9-10,12-13H2,1-2H3. The molecule has 1 aliphatic carbocycles. The summed E-state index contributed by atoms with van der Waals surface area (Å²) in [5.74, 6) is 1.72. The van der Waals surface area contributed by atoms with Crippen molar-refractivity contribution in [3.63, 3.8) is 0 Å². The molecule has 1 N–H and O–H groups in total.